The van der Waals surface area contributed by atoms with Gasteiger partial charge in [-0.1, -0.05) is 17.7 Å². The summed E-state index contributed by atoms with van der Waals surface area (Å²) < 4.78 is 10.5. The van der Waals surface area contributed by atoms with E-state index in [0.717, 1.165) is 16.5 Å². The number of hydrogen-bond donors (Lipinski definition) is 2. The summed E-state index contributed by atoms with van der Waals surface area (Å²) in [6.07, 6.45) is 0. The Morgan fingerprint density at radius 1 is 1.12 bits per heavy atom. The Hall–Kier alpha value is -2.66. The average molecular weight is 345 g/mol. The lowest BCUT2D eigenvalue weighted by atomic mass is 10.1. The second kappa shape index (κ2) is 6.45. The van der Waals surface area contributed by atoms with Gasteiger partial charge in [0.1, 0.15) is 17.2 Å². The van der Waals surface area contributed by atoms with Crippen molar-refractivity contribution in [3.05, 3.63) is 52.7 Å². The highest BCUT2D eigenvalue weighted by molar-refractivity contribution is 6.31. The van der Waals surface area contributed by atoms with Crippen LogP contribution >= 0.6 is 11.6 Å². The van der Waals surface area contributed by atoms with Crippen LogP contribution in [0.1, 0.15) is 16.1 Å². The zero-order chi connectivity index (χ0) is 17.3. The topological polar surface area (TPSA) is 63.4 Å². The minimum absolute atomic E-state index is 0.258. The summed E-state index contributed by atoms with van der Waals surface area (Å²) in [6.45, 7) is 1.89. The molecule has 0 atom stereocenters. The molecule has 0 radical (unpaired) electrons. The van der Waals surface area contributed by atoms with Crippen LogP contribution in [0.4, 0.5) is 5.69 Å². The molecule has 2 aromatic carbocycles. The molecule has 0 bridgehead atoms. The lowest BCUT2D eigenvalue weighted by Crippen LogP contribution is -2.14. The number of carbonyl (C=O) groups is 1. The number of hydrogen-bond acceptors (Lipinski definition) is 3. The number of methoxy groups -OCH3 is 2. The third kappa shape index (κ3) is 2.90. The molecule has 0 aliphatic rings. The van der Waals surface area contributed by atoms with Crippen LogP contribution in [0.3, 0.4) is 0 Å². The molecule has 1 heterocycles. The van der Waals surface area contributed by atoms with Crippen molar-refractivity contribution in [2.24, 2.45) is 0 Å². The first-order valence-corrected chi connectivity index (χ1v) is 7.72. The van der Waals surface area contributed by atoms with Crippen molar-refractivity contribution in [2.75, 3.05) is 19.5 Å². The monoisotopic (exact) mass is 344 g/mol. The molecule has 0 saturated heterocycles. The SMILES string of the molecule is COc1ccc(OC)c(NC(=O)c2[nH]c3cc(Cl)ccc3c2C)c1. The molecule has 0 aliphatic heterocycles. The Balaban J connectivity index is 1.97. The summed E-state index contributed by atoms with van der Waals surface area (Å²) in [7, 11) is 3.12. The Bertz CT molecular complexity index is 918. The van der Waals surface area contributed by atoms with Crippen molar-refractivity contribution in [2.45, 2.75) is 6.92 Å². The number of H-pyrrole nitrogens is 1. The fourth-order valence-corrected chi connectivity index (χ4v) is 2.81. The number of ether oxygens (including phenoxy) is 2. The van der Waals surface area contributed by atoms with E-state index in [1.165, 1.54) is 0 Å². The molecular weight excluding hydrogens is 328 g/mol. The molecule has 0 spiro atoms. The largest absolute Gasteiger partial charge is 0.497 e. The summed E-state index contributed by atoms with van der Waals surface area (Å²) in [4.78, 5) is 15.8. The molecule has 24 heavy (non-hydrogen) atoms. The maximum atomic E-state index is 12.7. The number of nitrogens with one attached hydrogen (secondary N) is 2. The molecule has 1 aromatic heterocycles. The summed E-state index contributed by atoms with van der Waals surface area (Å²) in [5, 5.41) is 4.44. The number of aromatic nitrogens is 1. The summed E-state index contributed by atoms with van der Waals surface area (Å²) in [6, 6.07) is 10.7. The molecule has 3 aromatic rings. The Kier molecular flexibility index (Phi) is 4.36. The van der Waals surface area contributed by atoms with E-state index in [1.807, 2.05) is 13.0 Å². The van der Waals surface area contributed by atoms with Gasteiger partial charge in [0.25, 0.3) is 5.91 Å². The number of aromatic amines is 1. The predicted octanol–water partition coefficient (Wildman–Crippen LogP) is 4.40. The molecule has 0 saturated carbocycles. The van der Waals surface area contributed by atoms with Crippen molar-refractivity contribution in [3.8, 4) is 11.5 Å². The highest BCUT2D eigenvalue weighted by Crippen LogP contribution is 2.30. The van der Waals surface area contributed by atoms with Crippen LogP contribution in [-0.2, 0) is 0 Å². The minimum atomic E-state index is -0.258. The first-order chi connectivity index (χ1) is 11.5. The second-order valence-electron chi connectivity index (χ2n) is 5.34. The zero-order valence-corrected chi connectivity index (χ0v) is 14.3. The van der Waals surface area contributed by atoms with Gasteiger partial charge in [-0.05, 0) is 36.8 Å². The van der Waals surface area contributed by atoms with Gasteiger partial charge in [0.2, 0.25) is 0 Å². The van der Waals surface area contributed by atoms with Gasteiger partial charge < -0.3 is 19.8 Å². The van der Waals surface area contributed by atoms with Crippen LogP contribution in [0.5, 0.6) is 11.5 Å². The summed E-state index contributed by atoms with van der Waals surface area (Å²) >= 11 is 6.01. The maximum Gasteiger partial charge on any atom is 0.272 e. The van der Waals surface area contributed by atoms with Crippen LogP contribution in [0.25, 0.3) is 10.9 Å². The first kappa shape index (κ1) is 16.2. The van der Waals surface area contributed by atoms with E-state index < -0.39 is 0 Å². The van der Waals surface area contributed by atoms with Gasteiger partial charge in [0.05, 0.1) is 19.9 Å². The van der Waals surface area contributed by atoms with Gasteiger partial charge in [0, 0.05) is 22.0 Å². The molecule has 5 nitrogen and oxygen atoms in total. The highest BCUT2D eigenvalue weighted by atomic mass is 35.5. The quantitative estimate of drug-likeness (QED) is 0.737. The number of halogens is 1. The van der Waals surface area contributed by atoms with Crippen LogP contribution in [-0.4, -0.2) is 25.1 Å². The number of benzene rings is 2. The molecule has 0 aliphatic carbocycles. The fraction of sp³-hybridized carbons (Fsp3) is 0.167. The molecule has 1 amide bonds. The molecule has 0 fully saturated rings. The Labute approximate surface area is 144 Å². The van der Waals surface area contributed by atoms with Crippen LogP contribution in [0.2, 0.25) is 5.02 Å². The van der Waals surface area contributed by atoms with Gasteiger partial charge in [-0.25, -0.2) is 0 Å². The smallest absolute Gasteiger partial charge is 0.272 e. The van der Waals surface area contributed by atoms with Gasteiger partial charge in [-0.3, -0.25) is 4.79 Å². The molecular formula is C18H17ClN2O3. The lowest BCUT2D eigenvalue weighted by molar-refractivity contribution is 0.102. The molecule has 0 unspecified atom stereocenters. The number of anilines is 1. The lowest BCUT2D eigenvalue weighted by Gasteiger charge is -2.11. The van der Waals surface area contributed by atoms with Crippen molar-refractivity contribution >= 4 is 34.1 Å². The maximum absolute atomic E-state index is 12.7. The average Bonchev–Trinajstić information content (AvgIpc) is 2.90. The second-order valence-corrected chi connectivity index (χ2v) is 5.77. The number of rotatable bonds is 4. The van der Waals surface area contributed by atoms with Gasteiger partial charge >= 0.3 is 0 Å². The van der Waals surface area contributed by atoms with E-state index in [2.05, 4.69) is 10.3 Å². The number of amides is 1. The number of aryl methyl sites for hydroxylation is 1. The summed E-state index contributed by atoms with van der Waals surface area (Å²) in [5.74, 6) is 0.929. The van der Waals surface area contributed by atoms with Crippen molar-refractivity contribution < 1.29 is 14.3 Å². The van der Waals surface area contributed by atoms with Gasteiger partial charge in [-0.15, -0.1) is 0 Å². The van der Waals surface area contributed by atoms with Crippen molar-refractivity contribution in [1.29, 1.82) is 0 Å². The van der Waals surface area contributed by atoms with Crippen molar-refractivity contribution in [1.82, 2.24) is 4.98 Å². The Morgan fingerprint density at radius 2 is 1.92 bits per heavy atom. The van der Waals surface area contributed by atoms with E-state index in [0.29, 0.717) is 27.9 Å². The van der Waals surface area contributed by atoms with Gasteiger partial charge in [-0.2, -0.15) is 0 Å². The minimum Gasteiger partial charge on any atom is -0.497 e. The van der Waals surface area contributed by atoms with E-state index in [9.17, 15) is 4.79 Å². The Morgan fingerprint density at radius 3 is 2.62 bits per heavy atom. The van der Waals surface area contributed by atoms with E-state index in [4.69, 9.17) is 21.1 Å². The van der Waals surface area contributed by atoms with Crippen molar-refractivity contribution in [3.63, 3.8) is 0 Å². The third-order valence-corrected chi connectivity index (χ3v) is 4.14. The molecule has 6 heteroatoms. The predicted molar refractivity (Wildman–Crippen MR) is 95.5 cm³/mol. The van der Waals surface area contributed by atoms with Crippen LogP contribution in [0.15, 0.2) is 36.4 Å². The summed E-state index contributed by atoms with van der Waals surface area (Å²) in [5.41, 5.74) is 2.71. The fourth-order valence-electron chi connectivity index (χ4n) is 2.63. The number of carbonyl (C=O) groups excluding carboxylic acids is 1. The standard InChI is InChI=1S/C18H17ClN2O3/c1-10-13-6-4-11(19)8-14(13)20-17(10)18(22)21-15-9-12(23-2)5-7-16(15)24-3/h4-9,20H,1-3H3,(H,21,22). The normalized spacial score (nSPS) is 10.7. The first-order valence-electron chi connectivity index (χ1n) is 7.34. The van der Waals surface area contributed by atoms with Crippen LogP contribution in [0, 0.1) is 6.92 Å². The molecule has 124 valence electrons. The van der Waals surface area contributed by atoms with E-state index >= 15 is 0 Å². The molecule has 2 N–H and O–H groups in total. The zero-order valence-electron chi connectivity index (χ0n) is 13.6. The highest BCUT2D eigenvalue weighted by Gasteiger charge is 2.17. The van der Waals surface area contributed by atoms with E-state index in [-0.39, 0.29) is 5.91 Å². The molecule has 3 rings (SSSR count). The van der Waals surface area contributed by atoms with Gasteiger partial charge in [0.15, 0.2) is 0 Å². The number of fused-ring (bicyclic) bond motifs is 1. The third-order valence-electron chi connectivity index (χ3n) is 3.90. The van der Waals surface area contributed by atoms with E-state index in [1.54, 1.807) is 44.6 Å². The van der Waals surface area contributed by atoms with Crippen LogP contribution < -0.4 is 14.8 Å².